The monoisotopic (exact) mass is 694 g/mol. The molecule has 0 radical (unpaired) electrons. The summed E-state index contributed by atoms with van der Waals surface area (Å²) >= 11 is 1.85. The van der Waals surface area contributed by atoms with Crippen LogP contribution in [-0.4, -0.2) is 4.98 Å². The maximum atomic E-state index is 6.74. The molecule has 0 bridgehead atoms. The van der Waals surface area contributed by atoms with E-state index in [0.717, 1.165) is 61.7 Å². The third kappa shape index (κ3) is 4.77. The molecule has 4 heteroatoms. The molecule has 0 aliphatic heterocycles. The maximum Gasteiger partial charge on any atom is 0.227 e. The second kappa shape index (κ2) is 11.9. The molecule has 2 aromatic heterocycles. The van der Waals surface area contributed by atoms with Gasteiger partial charge in [0.15, 0.2) is 5.76 Å². The molecule has 11 rings (SSSR count). The van der Waals surface area contributed by atoms with E-state index < -0.39 is 0 Å². The van der Waals surface area contributed by atoms with Crippen LogP contribution < -0.4 is 4.90 Å². The molecular formula is C49H30N2OS. The summed E-state index contributed by atoms with van der Waals surface area (Å²) < 4.78 is 9.32. The van der Waals surface area contributed by atoms with Gasteiger partial charge in [-0.05, 0) is 76.9 Å². The van der Waals surface area contributed by atoms with E-state index in [9.17, 15) is 0 Å². The van der Waals surface area contributed by atoms with Crippen LogP contribution in [0.2, 0.25) is 0 Å². The minimum Gasteiger partial charge on any atom is -0.435 e. The molecular weight excluding hydrogens is 665 g/mol. The summed E-state index contributed by atoms with van der Waals surface area (Å²) in [5, 5.41) is 4.87. The van der Waals surface area contributed by atoms with Crippen LogP contribution >= 0.6 is 11.3 Å². The molecule has 2 heterocycles. The van der Waals surface area contributed by atoms with E-state index in [0.29, 0.717) is 5.89 Å². The van der Waals surface area contributed by atoms with Crippen LogP contribution in [0.15, 0.2) is 186 Å². The van der Waals surface area contributed by atoms with Crippen molar-refractivity contribution in [1.29, 1.82) is 0 Å². The molecule has 0 spiro atoms. The molecule has 0 N–H and O–H groups in total. The Morgan fingerprint density at radius 3 is 1.96 bits per heavy atom. The fourth-order valence-electron chi connectivity index (χ4n) is 8.05. The highest BCUT2D eigenvalue weighted by Gasteiger charge is 2.31. The summed E-state index contributed by atoms with van der Waals surface area (Å²) in [4.78, 5) is 7.61. The minimum absolute atomic E-state index is 0.636. The van der Waals surface area contributed by atoms with Gasteiger partial charge in [0.25, 0.3) is 0 Å². The van der Waals surface area contributed by atoms with Crippen LogP contribution in [0.5, 0.6) is 0 Å². The Bertz CT molecular complexity index is 2990. The van der Waals surface area contributed by atoms with Gasteiger partial charge in [0.05, 0.1) is 5.69 Å². The first-order valence-electron chi connectivity index (χ1n) is 17.9. The average molecular weight is 695 g/mol. The second-order valence-electron chi connectivity index (χ2n) is 13.5. The molecule has 1 aliphatic carbocycles. The first-order valence-corrected chi connectivity index (χ1v) is 18.7. The zero-order valence-corrected chi connectivity index (χ0v) is 29.3. The first-order chi connectivity index (χ1) is 26.3. The van der Waals surface area contributed by atoms with Crippen LogP contribution in [-0.2, 0) is 0 Å². The summed E-state index contributed by atoms with van der Waals surface area (Å²) in [6.45, 7) is 0. The van der Waals surface area contributed by atoms with E-state index in [1.807, 2.05) is 17.4 Å². The van der Waals surface area contributed by atoms with Gasteiger partial charge in [0.2, 0.25) is 5.89 Å². The molecule has 0 saturated carbocycles. The molecule has 0 atom stereocenters. The van der Waals surface area contributed by atoms with Crippen molar-refractivity contribution in [1.82, 2.24) is 4.98 Å². The Hall–Kier alpha value is -6.75. The molecule has 0 fully saturated rings. The lowest BCUT2D eigenvalue weighted by atomic mass is 9.99. The topological polar surface area (TPSA) is 29.3 Å². The molecule has 1 aliphatic rings. The molecule has 0 amide bonds. The van der Waals surface area contributed by atoms with Gasteiger partial charge in [-0.15, -0.1) is 11.3 Å². The number of fused-ring (bicyclic) bond motifs is 6. The summed E-state index contributed by atoms with van der Waals surface area (Å²) in [5.74, 6) is 1.46. The van der Waals surface area contributed by atoms with E-state index in [2.05, 4.69) is 181 Å². The van der Waals surface area contributed by atoms with E-state index in [-0.39, 0.29) is 0 Å². The molecule has 0 saturated heterocycles. The zero-order valence-electron chi connectivity index (χ0n) is 28.5. The van der Waals surface area contributed by atoms with E-state index in [1.54, 1.807) is 0 Å². The van der Waals surface area contributed by atoms with Gasteiger partial charge in [-0.2, -0.15) is 0 Å². The molecule has 3 nitrogen and oxygen atoms in total. The van der Waals surface area contributed by atoms with Crippen molar-refractivity contribution in [2.75, 3.05) is 4.90 Å². The van der Waals surface area contributed by atoms with Gasteiger partial charge in [0.1, 0.15) is 5.69 Å². The van der Waals surface area contributed by atoms with Crippen molar-refractivity contribution >= 4 is 59.3 Å². The number of rotatable bonds is 6. The Morgan fingerprint density at radius 1 is 0.434 bits per heavy atom. The summed E-state index contributed by atoms with van der Waals surface area (Å²) in [6, 6.07) is 64.9. The number of oxazole rings is 1. The van der Waals surface area contributed by atoms with E-state index in [4.69, 9.17) is 9.40 Å². The fourth-order valence-corrected chi connectivity index (χ4v) is 9.13. The highest BCUT2D eigenvalue weighted by Crippen LogP contribution is 2.53. The number of hydrogen-bond donors (Lipinski definition) is 0. The number of aromatic nitrogens is 1. The Labute approximate surface area is 310 Å². The maximum absolute atomic E-state index is 6.74. The summed E-state index contributed by atoms with van der Waals surface area (Å²) in [7, 11) is 0. The Kier molecular flexibility index (Phi) is 6.73. The first kappa shape index (κ1) is 29.9. The van der Waals surface area contributed by atoms with Gasteiger partial charge in [-0.3, -0.25) is 0 Å². The third-order valence-corrected chi connectivity index (χ3v) is 11.6. The van der Waals surface area contributed by atoms with E-state index >= 15 is 0 Å². The number of thiophene rings is 1. The lowest BCUT2D eigenvalue weighted by Gasteiger charge is -2.28. The van der Waals surface area contributed by atoms with Gasteiger partial charge in [-0.1, -0.05) is 127 Å². The van der Waals surface area contributed by atoms with Gasteiger partial charge >= 0.3 is 0 Å². The lowest BCUT2D eigenvalue weighted by molar-refractivity contribution is 0.590. The fraction of sp³-hybridized carbons (Fsp3) is 0. The quantitative estimate of drug-likeness (QED) is 0.173. The summed E-state index contributed by atoms with van der Waals surface area (Å²) in [6.07, 6.45) is 0. The van der Waals surface area contributed by atoms with Crippen LogP contribution in [0, 0.1) is 0 Å². The van der Waals surface area contributed by atoms with Crippen molar-refractivity contribution in [3.63, 3.8) is 0 Å². The van der Waals surface area contributed by atoms with Crippen LogP contribution in [0.25, 0.3) is 87.2 Å². The second-order valence-corrected chi connectivity index (χ2v) is 14.6. The van der Waals surface area contributed by atoms with Crippen molar-refractivity contribution in [2.45, 2.75) is 0 Å². The van der Waals surface area contributed by atoms with Crippen molar-refractivity contribution in [2.24, 2.45) is 0 Å². The zero-order chi connectivity index (χ0) is 34.9. The normalized spacial score (nSPS) is 11.8. The number of nitrogens with zero attached hydrogens (tertiary/aromatic N) is 2. The van der Waals surface area contributed by atoms with Gasteiger partial charge in [0, 0.05) is 59.0 Å². The van der Waals surface area contributed by atoms with Crippen LogP contribution in [0.1, 0.15) is 0 Å². The highest BCUT2D eigenvalue weighted by atomic mass is 32.1. The third-order valence-electron chi connectivity index (χ3n) is 10.5. The minimum atomic E-state index is 0.636. The molecule has 10 aromatic rings. The van der Waals surface area contributed by atoms with Gasteiger partial charge in [-0.25, -0.2) is 4.98 Å². The largest absolute Gasteiger partial charge is 0.435 e. The Balaban J connectivity index is 1.10. The highest BCUT2D eigenvalue weighted by molar-refractivity contribution is 7.25. The molecule has 53 heavy (non-hydrogen) atoms. The lowest BCUT2D eigenvalue weighted by Crippen LogP contribution is -2.10. The number of benzene rings is 8. The van der Waals surface area contributed by atoms with Crippen molar-refractivity contribution in [3.8, 4) is 56.3 Å². The van der Waals surface area contributed by atoms with Gasteiger partial charge < -0.3 is 9.32 Å². The predicted octanol–water partition coefficient (Wildman–Crippen LogP) is 14.3. The van der Waals surface area contributed by atoms with Crippen molar-refractivity contribution in [3.05, 3.63) is 182 Å². The Morgan fingerprint density at radius 2 is 1.09 bits per heavy atom. The number of hydrogen-bond acceptors (Lipinski definition) is 4. The van der Waals surface area contributed by atoms with Crippen LogP contribution in [0.4, 0.5) is 17.1 Å². The smallest absolute Gasteiger partial charge is 0.227 e. The predicted molar refractivity (Wildman–Crippen MR) is 222 cm³/mol. The van der Waals surface area contributed by atoms with E-state index in [1.165, 1.54) is 36.7 Å². The molecule has 248 valence electrons. The SMILES string of the molecule is c1ccc(-c2cccc(N(c3ccc4sc5ccccc5c4c3)c3ccc4c5c(cccc35)-c3oc(-c5ccccc5-c5ccccc5)nc3-4)c2)cc1. The average Bonchev–Trinajstić information content (AvgIpc) is 3.92. The van der Waals surface area contributed by atoms with Crippen molar-refractivity contribution < 1.29 is 4.42 Å². The van der Waals surface area contributed by atoms with Crippen LogP contribution in [0.3, 0.4) is 0 Å². The number of anilines is 3. The summed E-state index contributed by atoms with van der Waals surface area (Å²) in [5.41, 5.74) is 12.0. The molecule has 0 unspecified atom stereocenters. The molecule has 8 aromatic carbocycles. The standard InChI is InChI=1S/C49H30N2OS/c1-3-13-31(14-4-1)33-17-11-18-34(29-33)51(35-25-28-45-42(30-35)37-20-9-10-24-44(37)53-45)43-27-26-40-46-39(43)22-12-23-41(46)48-47(40)50-49(52-48)38-21-8-7-19-36(38)32-15-5-2-6-16-32/h1-30H.